The van der Waals surface area contributed by atoms with E-state index in [1.807, 2.05) is 56.3 Å². The average Bonchev–Trinajstić information content (AvgIpc) is 2.60. The van der Waals surface area contributed by atoms with E-state index >= 15 is 0 Å². The van der Waals surface area contributed by atoms with Gasteiger partial charge >= 0.3 is 5.63 Å². The van der Waals surface area contributed by atoms with Crippen LogP contribution in [0.3, 0.4) is 0 Å². The Morgan fingerprint density at radius 3 is 2.46 bits per heavy atom. The zero-order valence-electron chi connectivity index (χ0n) is 14.9. The van der Waals surface area contributed by atoms with Crippen LogP contribution >= 0.6 is 0 Å². The summed E-state index contributed by atoms with van der Waals surface area (Å²) in [6.07, 6.45) is 2.87. The summed E-state index contributed by atoms with van der Waals surface area (Å²) in [5.41, 5.74) is 1.55. The van der Waals surface area contributed by atoms with Crippen molar-refractivity contribution in [2.45, 2.75) is 26.7 Å². The highest BCUT2D eigenvalue weighted by atomic mass is 16.4. The molecular weight excluding hydrogens is 328 g/mol. The first kappa shape index (κ1) is 17.7. The van der Waals surface area contributed by atoms with Gasteiger partial charge in [-0.25, -0.2) is 4.79 Å². The number of allylic oxidation sites excluding steroid dienone is 1. The molecule has 4 heteroatoms. The SMILES string of the molecule is Cc1ccc(C(C)C)c2oc(=O)c(C(=O)/C=C/c3ccccc3)c(O)c12. The van der Waals surface area contributed by atoms with E-state index in [9.17, 15) is 14.7 Å². The first-order valence-corrected chi connectivity index (χ1v) is 8.47. The molecule has 132 valence electrons. The van der Waals surface area contributed by atoms with Crippen LogP contribution in [-0.2, 0) is 0 Å². The first-order valence-electron chi connectivity index (χ1n) is 8.47. The molecule has 0 fully saturated rings. The van der Waals surface area contributed by atoms with Crippen LogP contribution < -0.4 is 5.63 Å². The largest absolute Gasteiger partial charge is 0.506 e. The van der Waals surface area contributed by atoms with Crippen LogP contribution in [0.1, 0.15) is 46.8 Å². The van der Waals surface area contributed by atoms with Gasteiger partial charge in [0.25, 0.3) is 0 Å². The predicted octanol–water partition coefficient (Wildman–Crippen LogP) is 4.83. The number of aryl methyl sites for hydroxylation is 1. The molecule has 0 unspecified atom stereocenters. The average molecular weight is 348 g/mol. The van der Waals surface area contributed by atoms with Crippen LogP contribution in [0.5, 0.6) is 5.75 Å². The number of rotatable bonds is 4. The number of hydrogen-bond donors (Lipinski definition) is 1. The summed E-state index contributed by atoms with van der Waals surface area (Å²) in [4.78, 5) is 24.9. The molecule has 0 aliphatic rings. The standard InChI is InChI=1S/C22H20O4/c1-13(2)16-11-9-14(3)18-20(24)19(22(25)26-21(16)18)17(23)12-10-15-7-5-4-6-8-15/h4-13,24H,1-3H3/b12-10+. The Bertz CT molecular complexity index is 1060. The fourth-order valence-electron chi connectivity index (χ4n) is 2.96. The van der Waals surface area contributed by atoms with Gasteiger partial charge in [-0.2, -0.15) is 0 Å². The van der Waals surface area contributed by atoms with Crippen LogP contribution in [0.2, 0.25) is 0 Å². The van der Waals surface area contributed by atoms with Gasteiger partial charge in [0.1, 0.15) is 16.9 Å². The lowest BCUT2D eigenvalue weighted by Gasteiger charge is -2.12. The van der Waals surface area contributed by atoms with E-state index in [4.69, 9.17) is 4.42 Å². The molecule has 1 heterocycles. The van der Waals surface area contributed by atoms with Crippen molar-refractivity contribution in [3.8, 4) is 5.75 Å². The third kappa shape index (κ3) is 3.18. The number of benzene rings is 2. The molecule has 1 aromatic heterocycles. The Morgan fingerprint density at radius 2 is 1.81 bits per heavy atom. The number of carbonyl (C=O) groups excluding carboxylic acids is 1. The zero-order chi connectivity index (χ0) is 18.8. The van der Waals surface area contributed by atoms with E-state index < -0.39 is 11.4 Å². The van der Waals surface area contributed by atoms with Crippen molar-refractivity contribution in [1.29, 1.82) is 0 Å². The van der Waals surface area contributed by atoms with Gasteiger partial charge in [0, 0.05) is 0 Å². The highest BCUT2D eigenvalue weighted by Crippen LogP contribution is 2.34. The van der Waals surface area contributed by atoms with Crippen LogP contribution in [0, 0.1) is 6.92 Å². The molecule has 0 atom stereocenters. The highest BCUT2D eigenvalue weighted by Gasteiger charge is 2.22. The van der Waals surface area contributed by atoms with E-state index in [0.717, 1.165) is 16.7 Å². The Morgan fingerprint density at radius 1 is 1.12 bits per heavy atom. The fraction of sp³-hybridized carbons (Fsp3) is 0.182. The Hall–Kier alpha value is -3.14. The molecule has 0 amide bonds. The van der Waals surface area contributed by atoms with Gasteiger partial charge < -0.3 is 9.52 Å². The van der Waals surface area contributed by atoms with E-state index in [0.29, 0.717) is 11.0 Å². The number of carbonyl (C=O) groups is 1. The van der Waals surface area contributed by atoms with Gasteiger partial charge in [-0.3, -0.25) is 4.79 Å². The second kappa shape index (κ2) is 7.00. The van der Waals surface area contributed by atoms with Gasteiger partial charge in [0.05, 0.1) is 5.39 Å². The number of aromatic hydroxyl groups is 1. The van der Waals surface area contributed by atoms with Crippen molar-refractivity contribution in [3.63, 3.8) is 0 Å². The summed E-state index contributed by atoms with van der Waals surface area (Å²) < 4.78 is 5.45. The molecule has 0 radical (unpaired) electrons. The lowest BCUT2D eigenvalue weighted by molar-refractivity contribution is 0.104. The lowest BCUT2D eigenvalue weighted by Crippen LogP contribution is -2.13. The molecule has 0 aliphatic carbocycles. The number of fused-ring (bicyclic) bond motifs is 1. The van der Waals surface area contributed by atoms with Crippen LogP contribution in [-0.4, -0.2) is 10.9 Å². The summed E-state index contributed by atoms with van der Waals surface area (Å²) in [5.74, 6) is -0.796. The highest BCUT2D eigenvalue weighted by molar-refractivity contribution is 6.11. The van der Waals surface area contributed by atoms with Crippen molar-refractivity contribution in [3.05, 3.63) is 81.2 Å². The van der Waals surface area contributed by atoms with Crippen molar-refractivity contribution >= 4 is 22.8 Å². The maximum Gasteiger partial charge on any atom is 0.351 e. The second-order valence-electron chi connectivity index (χ2n) is 6.55. The summed E-state index contributed by atoms with van der Waals surface area (Å²) in [7, 11) is 0. The van der Waals surface area contributed by atoms with Crippen LogP contribution in [0.25, 0.3) is 17.0 Å². The summed E-state index contributed by atoms with van der Waals surface area (Å²) in [6.45, 7) is 5.76. The van der Waals surface area contributed by atoms with Gasteiger partial charge in [0.2, 0.25) is 0 Å². The van der Waals surface area contributed by atoms with Gasteiger partial charge in [-0.05, 0) is 35.6 Å². The topological polar surface area (TPSA) is 67.5 Å². The second-order valence-corrected chi connectivity index (χ2v) is 6.55. The van der Waals surface area contributed by atoms with E-state index in [-0.39, 0.29) is 17.2 Å². The van der Waals surface area contributed by atoms with Crippen LogP contribution in [0.4, 0.5) is 0 Å². The van der Waals surface area contributed by atoms with E-state index in [1.165, 1.54) is 6.08 Å². The molecule has 0 aliphatic heterocycles. The minimum absolute atomic E-state index is 0.111. The smallest absolute Gasteiger partial charge is 0.351 e. The van der Waals surface area contributed by atoms with Crippen molar-refractivity contribution < 1.29 is 14.3 Å². The fourth-order valence-corrected chi connectivity index (χ4v) is 2.96. The zero-order valence-corrected chi connectivity index (χ0v) is 14.9. The Kier molecular flexibility index (Phi) is 4.76. The van der Waals surface area contributed by atoms with Gasteiger partial charge in [0.15, 0.2) is 5.78 Å². The first-order chi connectivity index (χ1) is 12.4. The third-order valence-corrected chi connectivity index (χ3v) is 4.36. The third-order valence-electron chi connectivity index (χ3n) is 4.36. The molecule has 0 saturated heterocycles. The van der Waals surface area contributed by atoms with E-state index in [2.05, 4.69) is 0 Å². The molecule has 3 aromatic rings. The molecule has 0 spiro atoms. The lowest BCUT2D eigenvalue weighted by atomic mass is 9.96. The van der Waals surface area contributed by atoms with Crippen molar-refractivity contribution in [1.82, 2.24) is 0 Å². The minimum Gasteiger partial charge on any atom is -0.506 e. The minimum atomic E-state index is -0.829. The Balaban J connectivity index is 2.15. The maximum absolute atomic E-state index is 12.5. The van der Waals surface area contributed by atoms with Crippen molar-refractivity contribution in [2.75, 3.05) is 0 Å². The normalized spacial score (nSPS) is 11.5. The van der Waals surface area contributed by atoms with Gasteiger partial charge in [-0.1, -0.05) is 62.4 Å². The van der Waals surface area contributed by atoms with Gasteiger partial charge in [-0.15, -0.1) is 0 Å². The molecule has 0 saturated carbocycles. The Labute approximate surface area is 151 Å². The monoisotopic (exact) mass is 348 g/mol. The van der Waals surface area contributed by atoms with E-state index in [1.54, 1.807) is 13.0 Å². The quantitative estimate of drug-likeness (QED) is 0.417. The summed E-state index contributed by atoms with van der Waals surface area (Å²) >= 11 is 0. The molecule has 3 rings (SSSR count). The molecule has 1 N–H and O–H groups in total. The summed E-state index contributed by atoms with van der Waals surface area (Å²) in [6, 6.07) is 13.0. The molecule has 2 aromatic carbocycles. The molecule has 0 bridgehead atoms. The molecular formula is C22H20O4. The number of ketones is 1. The maximum atomic E-state index is 12.5. The predicted molar refractivity (Wildman–Crippen MR) is 103 cm³/mol. The summed E-state index contributed by atoms with van der Waals surface area (Å²) in [5, 5.41) is 11.1. The number of hydrogen-bond acceptors (Lipinski definition) is 4. The van der Waals surface area contributed by atoms with Crippen LogP contribution in [0.15, 0.2) is 57.8 Å². The van der Waals surface area contributed by atoms with Crippen molar-refractivity contribution in [2.24, 2.45) is 0 Å². The molecule has 4 nitrogen and oxygen atoms in total. The molecule has 26 heavy (non-hydrogen) atoms.